The first-order valence-electron chi connectivity index (χ1n) is 8.47. The van der Waals surface area contributed by atoms with Gasteiger partial charge in [-0.3, -0.25) is 9.78 Å². The Hall–Kier alpha value is -3.47. The number of hydrogen-bond donors (Lipinski definition) is 1. The van der Waals surface area contributed by atoms with E-state index in [1.165, 1.54) is 18.2 Å². The van der Waals surface area contributed by atoms with Crippen molar-refractivity contribution in [2.45, 2.75) is 13.5 Å². The largest absolute Gasteiger partial charge is 0.489 e. The zero-order valence-corrected chi connectivity index (χ0v) is 14.9. The second kappa shape index (κ2) is 8.76. The fourth-order valence-corrected chi connectivity index (χ4v) is 2.48. The lowest BCUT2D eigenvalue weighted by Gasteiger charge is -2.11. The van der Waals surface area contributed by atoms with E-state index in [0.29, 0.717) is 11.4 Å². The number of aromatic nitrogens is 1. The van der Waals surface area contributed by atoms with E-state index in [1.807, 2.05) is 25.1 Å². The van der Waals surface area contributed by atoms with Gasteiger partial charge in [0.05, 0.1) is 0 Å². The van der Waals surface area contributed by atoms with Gasteiger partial charge in [0.15, 0.2) is 0 Å². The van der Waals surface area contributed by atoms with Gasteiger partial charge < -0.3 is 10.1 Å². The number of halogens is 1. The molecule has 0 saturated carbocycles. The van der Waals surface area contributed by atoms with E-state index < -0.39 is 0 Å². The van der Waals surface area contributed by atoms with Crippen molar-refractivity contribution < 1.29 is 13.9 Å². The van der Waals surface area contributed by atoms with Crippen molar-refractivity contribution in [3.63, 3.8) is 0 Å². The molecule has 1 amide bonds. The lowest BCUT2D eigenvalue weighted by Crippen LogP contribution is -2.09. The van der Waals surface area contributed by atoms with E-state index in [1.54, 1.807) is 42.7 Å². The third-order valence-electron chi connectivity index (χ3n) is 3.86. The van der Waals surface area contributed by atoms with Crippen LogP contribution in [0.25, 0.3) is 6.08 Å². The van der Waals surface area contributed by atoms with Gasteiger partial charge in [0.2, 0.25) is 5.91 Å². The molecule has 1 N–H and O–H groups in total. The quantitative estimate of drug-likeness (QED) is 0.643. The summed E-state index contributed by atoms with van der Waals surface area (Å²) in [5.41, 5.74) is 3.18. The standard InChI is InChI=1S/C22H19FN2O2/c1-16-12-20(27-15-18-4-2-6-19(23)13-18)8-9-21(16)25-22(26)10-7-17-5-3-11-24-14-17/h2-14H,15H2,1H3,(H,25,26)/b10-7+. The Kier molecular flexibility index (Phi) is 5.94. The van der Waals surface area contributed by atoms with Crippen molar-refractivity contribution in [2.24, 2.45) is 0 Å². The van der Waals surface area contributed by atoms with Crippen molar-refractivity contribution in [2.75, 3.05) is 5.32 Å². The molecule has 0 bridgehead atoms. The number of carbonyl (C=O) groups excluding carboxylic acids is 1. The van der Waals surface area contributed by atoms with Crippen LogP contribution in [0.15, 0.2) is 73.1 Å². The van der Waals surface area contributed by atoms with E-state index in [2.05, 4.69) is 10.3 Å². The van der Waals surface area contributed by atoms with E-state index in [9.17, 15) is 9.18 Å². The minimum absolute atomic E-state index is 0.226. The maximum absolute atomic E-state index is 13.2. The molecule has 0 radical (unpaired) electrons. The summed E-state index contributed by atoms with van der Waals surface area (Å²) in [5, 5.41) is 2.84. The topological polar surface area (TPSA) is 51.2 Å². The number of carbonyl (C=O) groups is 1. The minimum Gasteiger partial charge on any atom is -0.489 e. The van der Waals surface area contributed by atoms with Crippen molar-refractivity contribution in [1.82, 2.24) is 4.98 Å². The number of nitrogens with zero attached hydrogens (tertiary/aromatic N) is 1. The van der Waals surface area contributed by atoms with Gasteiger partial charge >= 0.3 is 0 Å². The van der Waals surface area contributed by atoms with E-state index in [-0.39, 0.29) is 18.3 Å². The van der Waals surface area contributed by atoms with Crippen LogP contribution >= 0.6 is 0 Å². The van der Waals surface area contributed by atoms with Crippen LogP contribution < -0.4 is 10.1 Å². The Morgan fingerprint density at radius 1 is 1.19 bits per heavy atom. The molecule has 4 nitrogen and oxygen atoms in total. The lowest BCUT2D eigenvalue weighted by atomic mass is 10.2. The highest BCUT2D eigenvalue weighted by atomic mass is 19.1. The van der Waals surface area contributed by atoms with Crippen LogP contribution in [-0.2, 0) is 11.4 Å². The molecule has 0 aliphatic carbocycles. The Morgan fingerprint density at radius 2 is 2.07 bits per heavy atom. The summed E-state index contributed by atoms with van der Waals surface area (Å²) in [7, 11) is 0. The molecular weight excluding hydrogens is 343 g/mol. The predicted molar refractivity (Wildman–Crippen MR) is 104 cm³/mol. The third-order valence-corrected chi connectivity index (χ3v) is 3.86. The Bertz CT molecular complexity index is 956. The van der Waals surface area contributed by atoms with Crippen LogP contribution in [0, 0.1) is 12.7 Å². The number of ether oxygens (including phenoxy) is 1. The van der Waals surface area contributed by atoms with Crippen LogP contribution in [0.4, 0.5) is 10.1 Å². The van der Waals surface area contributed by atoms with Gasteiger partial charge in [-0.25, -0.2) is 4.39 Å². The van der Waals surface area contributed by atoms with Gasteiger partial charge in [-0.1, -0.05) is 18.2 Å². The van der Waals surface area contributed by atoms with Gasteiger partial charge in [0, 0.05) is 24.2 Å². The van der Waals surface area contributed by atoms with Crippen molar-refractivity contribution in [3.05, 3.63) is 95.6 Å². The summed E-state index contributed by atoms with van der Waals surface area (Å²) in [6.07, 6.45) is 6.53. The first-order valence-corrected chi connectivity index (χ1v) is 8.47. The summed E-state index contributed by atoms with van der Waals surface area (Å²) < 4.78 is 18.9. The zero-order valence-electron chi connectivity index (χ0n) is 14.9. The number of anilines is 1. The van der Waals surface area contributed by atoms with E-state index in [4.69, 9.17) is 4.74 Å². The van der Waals surface area contributed by atoms with Gasteiger partial charge in [-0.15, -0.1) is 0 Å². The molecule has 3 aromatic rings. The Balaban J connectivity index is 1.59. The average molecular weight is 362 g/mol. The number of nitrogens with one attached hydrogen (secondary N) is 1. The number of rotatable bonds is 6. The molecule has 0 spiro atoms. The molecule has 27 heavy (non-hydrogen) atoms. The summed E-state index contributed by atoms with van der Waals surface area (Å²) in [5.74, 6) is 0.140. The number of hydrogen-bond acceptors (Lipinski definition) is 3. The average Bonchev–Trinajstić information content (AvgIpc) is 2.67. The molecule has 0 atom stereocenters. The summed E-state index contributed by atoms with van der Waals surface area (Å²) in [4.78, 5) is 16.1. The van der Waals surface area contributed by atoms with Gasteiger partial charge in [-0.05, 0) is 66.1 Å². The first kappa shape index (κ1) is 18.3. The highest BCUT2D eigenvalue weighted by molar-refractivity contribution is 6.02. The van der Waals surface area contributed by atoms with E-state index >= 15 is 0 Å². The molecule has 1 heterocycles. The molecule has 5 heteroatoms. The monoisotopic (exact) mass is 362 g/mol. The first-order chi connectivity index (χ1) is 13.1. The fourth-order valence-electron chi connectivity index (χ4n) is 2.48. The molecule has 2 aromatic carbocycles. The fraction of sp³-hybridized carbons (Fsp3) is 0.0909. The number of pyridine rings is 1. The zero-order chi connectivity index (χ0) is 19.1. The molecule has 0 saturated heterocycles. The minimum atomic E-state index is -0.287. The van der Waals surface area contributed by atoms with Gasteiger partial charge in [-0.2, -0.15) is 0 Å². The maximum Gasteiger partial charge on any atom is 0.248 e. The number of aryl methyl sites for hydroxylation is 1. The van der Waals surface area contributed by atoms with Crippen molar-refractivity contribution in [3.8, 4) is 5.75 Å². The van der Waals surface area contributed by atoms with Crippen LogP contribution in [-0.4, -0.2) is 10.9 Å². The lowest BCUT2D eigenvalue weighted by molar-refractivity contribution is -0.111. The maximum atomic E-state index is 13.2. The van der Waals surface area contributed by atoms with Crippen molar-refractivity contribution >= 4 is 17.7 Å². The Labute approximate surface area is 157 Å². The molecule has 1 aromatic heterocycles. The van der Waals surface area contributed by atoms with Crippen LogP contribution in [0.5, 0.6) is 5.75 Å². The predicted octanol–water partition coefficient (Wildman–Crippen LogP) is 4.76. The molecule has 3 rings (SSSR count). The highest BCUT2D eigenvalue weighted by Gasteiger charge is 2.05. The Morgan fingerprint density at radius 3 is 2.81 bits per heavy atom. The van der Waals surface area contributed by atoms with Crippen molar-refractivity contribution in [1.29, 1.82) is 0 Å². The van der Waals surface area contributed by atoms with Gasteiger partial charge in [0.1, 0.15) is 18.2 Å². The third kappa shape index (κ3) is 5.51. The molecule has 0 aliphatic heterocycles. The molecule has 0 fully saturated rings. The SMILES string of the molecule is Cc1cc(OCc2cccc(F)c2)ccc1NC(=O)/C=C/c1cccnc1. The molecule has 136 valence electrons. The number of benzene rings is 2. The van der Waals surface area contributed by atoms with E-state index in [0.717, 1.165) is 16.7 Å². The smallest absolute Gasteiger partial charge is 0.248 e. The van der Waals surface area contributed by atoms with Gasteiger partial charge in [0.25, 0.3) is 0 Å². The van der Waals surface area contributed by atoms with Crippen LogP contribution in [0.3, 0.4) is 0 Å². The van der Waals surface area contributed by atoms with Crippen LogP contribution in [0.2, 0.25) is 0 Å². The normalized spacial score (nSPS) is 10.7. The van der Waals surface area contributed by atoms with Crippen LogP contribution in [0.1, 0.15) is 16.7 Å². The molecule has 0 aliphatic rings. The highest BCUT2D eigenvalue weighted by Crippen LogP contribution is 2.22. The number of amides is 1. The summed E-state index contributed by atoms with van der Waals surface area (Å²) in [6, 6.07) is 15.4. The summed E-state index contributed by atoms with van der Waals surface area (Å²) >= 11 is 0. The second-order valence-corrected chi connectivity index (χ2v) is 6.00. The molecule has 0 unspecified atom stereocenters. The molecular formula is C22H19FN2O2. The second-order valence-electron chi connectivity index (χ2n) is 6.00. The summed E-state index contributed by atoms with van der Waals surface area (Å²) in [6.45, 7) is 2.16.